The number of carbonyl (C=O) groups excluding carboxylic acids is 4. The predicted molar refractivity (Wildman–Crippen MR) is 86.8 cm³/mol. The first kappa shape index (κ1) is 21.6. The molecule has 9 heteroatoms. The van der Waals surface area contributed by atoms with Gasteiger partial charge in [0.1, 0.15) is 18.8 Å². The van der Waals surface area contributed by atoms with E-state index < -0.39 is 54.4 Å². The zero-order chi connectivity index (χ0) is 19.9. The van der Waals surface area contributed by atoms with Gasteiger partial charge in [0.25, 0.3) is 0 Å². The Labute approximate surface area is 151 Å². The topological polar surface area (TPSA) is 114 Å². The molecule has 1 unspecified atom stereocenters. The van der Waals surface area contributed by atoms with E-state index in [9.17, 15) is 19.2 Å². The maximum absolute atomic E-state index is 11.6. The lowest BCUT2D eigenvalue weighted by molar-refractivity contribution is -0.251. The molecule has 1 aliphatic heterocycles. The van der Waals surface area contributed by atoms with Gasteiger partial charge in [0, 0.05) is 27.7 Å². The largest absolute Gasteiger partial charge is 0.463 e. The summed E-state index contributed by atoms with van der Waals surface area (Å²) in [6.45, 7) is 8.15. The Morgan fingerprint density at radius 3 is 1.69 bits per heavy atom. The van der Waals surface area contributed by atoms with Crippen molar-refractivity contribution in [1.29, 1.82) is 0 Å². The SMILES string of the molecule is C=CCC1O[C@H](COC(C)=O)[C@@H](OC(C)=O)[C@H](OC(C)=O)[C@@H]1OC(C)=O. The molecule has 0 radical (unpaired) electrons. The molecule has 146 valence electrons. The molecule has 1 fully saturated rings. The molecule has 0 spiro atoms. The lowest BCUT2D eigenvalue weighted by Crippen LogP contribution is -2.62. The van der Waals surface area contributed by atoms with Crippen LogP contribution in [0.4, 0.5) is 0 Å². The van der Waals surface area contributed by atoms with E-state index >= 15 is 0 Å². The normalized spacial score (nSPS) is 27.8. The molecule has 9 nitrogen and oxygen atoms in total. The molecule has 1 aliphatic rings. The Bertz CT molecular complexity index is 556. The molecular formula is C17H24O9. The number of ether oxygens (including phenoxy) is 5. The van der Waals surface area contributed by atoms with Gasteiger partial charge in [-0.3, -0.25) is 19.2 Å². The van der Waals surface area contributed by atoms with Crippen LogP contribution < -0.4 is 0 Å². The number of esters is 4. The Morgan fingerprint density at radius 1 is 0.808 bits per heavy atom. The molecule has 0 aliphatic carbocycles. The van der Waals surface area contributed by atoms with Crippen molar-refractivity contribution in [2.24, 2.45) is 0 Å². The second-order valence-corrected chi connectivity index (χ2v) is 5.76. The first-order chi connectivity index (χ1) is 12.1. The molecule has 0 saturated carbocycles. The van der Waals surface area contributed by atoms with E-state index in [1.165, 1.54) is 27.7 Å². The first-order valence-electron chi connectivity index (χ1n) is 8.07. The zero-order valence-electron chi connectivity index (χ0n) is 15.3. The van der Waals surface area contributed by atoms with Crippen molar-refractivity contribution in [3.8, 4) is 0 Å². The molecule has 5 atom stereocenters. The van der Waals surface area contributed by atoms with Gasteiger partial charge in [-0.2, -0.15) is 0 Å². The summed E-state index contributed by atoms with van der Waals surface area (Å²) in [5.41, 5.74) is 0. The summed E-state index contributed by atoms with van der Waals surface area (Å²) in [6, 6.07) is 0. The van der Waals surface area contributed by atoms with E-state index in [2.05, 4.69) is 6.58 Å². The smallest absolute Gasteiger partial charge is 0.303 e. The number of rotatable bonds is 7. The van der Waals surface area contributed by atoms with E-state index in [4.69, 9.17) is 23.7 Å². The fourth-order valence-electron chi connectivity index (χ4n) is 2.67. The van der Waals surface area contributed by atoms with Gasteiger partial charge in [0.05, 0.1) is 0 Å². The van der Waals surface area contributed by atoms with Gasteiger partial charge >= 0.3 is 23.9 Å². The van der Waals surface area contributed by atoms with Crippen LogP contribution in [-0.2, 0) is 42.9 Å². The van der Waals surface area contributed by atoms with Crippen LogP contribution in [-0.4, -0.2) is 61.0 Å². The molecule has 26 heavy (non-hydrogen) atoms. The van der Waals surface area contributed by atoms with E-state index in [1.54, 1.807) is 6.08 Å². The lowest BCUT2D eigenvalue weighted by atomic mass is 9.92. The maximum atomic E-state index is 11.6. The van der Waals surface area contributed by atoms with Gasteiger partial charge in [-0.05, 0) is 6.42 Å². The molecule has 0 aromatic rings. The molecule has 0 aromatic heterocycles. The van der Waals surface area contributed by atoms with Gasteiger partial charge in [-0.15, -0.1) is 6.58 Å². The van der Waals surface area contributed by atoms with E-state index in [-0.39, 0.29) is 13.0 Å². The van der Waals surface area contributed by atoms with Crippen LogP contribution in [0.5, 0.6) is 0 Å². The molecule has 0 aromatic carbocycles. The highest BCUT2D eigenvalue weighted by Gasteiger charge is 2.51. The molecule has 0 bridgehead atoms. The second-order valence-electron chi connectivity index (χ2n) is 5.76. The van der Waals surface area contributed by atoms with E-state index in [0.29, 0.717) is 0 Å². The molecule has 0 amide bonds. The summed E-state index contributed by atoms with van der Waals surface area (Å²) in [5.74, 6) is -2.49. The first-order valence-corrected chi connectivity index (χ1v) is 8.07. The third-order valence-electron chi connectivity index (χ3n) is 3.49. The molecule has 1 heterocycles. The van der Waals surface area contributed by atoms with Crippen LogP contribution in [0.25, 0.3) is 0 Å². The summed E-state index contributed by atoms with van der Waals surface area (Å²) in [5, 5.41) is 0. The number of carbonyl (C=O) groups is 4. The van der Waals surface area contributed by atoms with Crippen molar-refractivity contribution in [3.05, 3.63) is 12.7 Å². The van der Waals surface area contributed by atoms with Gasteiger partial charge in [-0.25, -0.2) is 0 Å². The summed E-state index contributed by atoms with van der Waals surface area (Å²) < 4.78 is 26.6. The standard InChI is InChI=1S/C17H24O9/c1-6-7-13-15(23-10(3)19)17(25-12(5)21)16(24-11(4)20)14(26-13)8-22-9(2)18/h6,13-17H,1,7-8H2,2-5H3/t13?,14-,15-,16-,17-/m1/s1. The molecular weight excluding hydrogens is 348 g/mol. The number of hydrogen-bond acceptors (Lipinski definition) is 9. The van der Waals surface area contributed by atoms with E-state index in [0.717, 1.165) is 0 Å². The quantitative estimate of drug-likeness (QED) is 0.361. The van der Waals surface area contributed by atoms with Gasteiger partial charge in [-0.1, -0.05) is 6.08 Å². The summed E-state index contributed by atoms with van der Waals surface area (Å²) in [7, 11) is 0. The maximum Gasteiger partial charge on any atom is 0.303 e. The van der Waals surface area contributed by atoms with Crippen LogP contribution in [0.2, 0.25) is 0 Å². The minimum atomic E-state index is -1.13. The van der Waals surface area contributed by atoms with Crippen LogP contribution >= 0.6 is 0 Å². The second kappa shape index (κ2) is 9.91. The molecule has 0 N–H and O–H groups in total. The van der Waals surface area contributed by atoms with Crippen LogP contribution in [0, 0.1) is 0 Å². The third kappa shape index (κ3) is 6.47. The van der Waals surface area contributed by atoms with Crippen molar-refractivity contribution >= 4 is 23.9 Å². The lowest BCUT2D eigenvalue weighted by Gasteiger charge is -2.44. The summed E-state index contributed by atoms with van der Waals surface area (Å²) in [4.78, 5) is 45.7. The highest BCUT2D eigenvalue weighted by atomic mass is 16.7. The Balaban J connectivity index is 3.24. The van der Waals surface area contributed by atoms with Gasteiger partial charge < -0.3 is 23.7 Å². The highest BCUT2D eigenvalue weighted by molar-refractivity contribution is 5.68. The highest BCUT2D eigenvalue weighted by Crippen LogP contribution is 2.30. The van der Waals surface area contributed by atoms with Gasteiger partial charge in [0.2, 0.25) is 0 Å². The third-order valence-corrected chi connectivity index (χ3v) is 3.49. The van der Waals surface area contributed by atoms with Gasteiger partial charge in [0.15, 0.2) is 18.3 Å². The van der Waals surface area contributed by atoms with Crippen molar-refractivity contribution in [2.45, 2.75) is 64.6 Å². The zero-order valence-corrected chi connectivity index (χ0v) is 15.3. The van der Waals surface area contributed by atoms with Crippen molar-refractivity contribution in [2.75, 3.05) is 6.61 Å². The average Bonchev–Trinajstić information content (AvgIpc) is 2.50. The Hall–Kier alpha value is -2.42. The summed E-state index contributed by atoms with van der Waals surface area (Å²) in [6.07, 6.45) is -3.11. The minimum absolute atomic E-state index is 0.231. The van der Waals surface area contributed by atoms with Crippen LogP contribution in [0.1, 0.15) is 34.1 Å². The average molecular weight is 372 g/mol. The van der Waals surface area contributed by atoms with Crippen molar-refractivity contribution < 1.29 is 42.9 Å². The van der Waals surface area contributed by atoms with Crippen molar-refractivity contribution in [3.63, 3.8) is 0 Å². The minimum Gasteiger partial charge on any atom is -0.463 e. The van der Waals surface area contributed by atoms with E-state index in [1.807, 2.05) is 0 Å². The fraction of sp³-hybridized carbons (Fsp3) is 0.647. The Morgan fingerprint density at radius 2 is 1.27 bits per heavy atom. The van der Waals surface area contributed by atoms with Crippen LogP contribution in [0.15, 0.2) is 12.7 Å². The predicted octanol–water partition coefficient (Wildman–Crippen LogP) is 0.688. The summed E-state index contributed by atoms with van der Waals surface area (Å²) >= 11 is 0. The van der Waals surface area contributed by atoms with Crippen molar-refractivity contribution in [1.82, 2.24) is 0 Å². The monoisotopic (exact) mass is 372 g/mol. The number of hydrogen-bond donors (Lipinski definition) is 0. The fourth-order valence-corrected chi connectivity index (χ4v) is 2.67. The van der Waals surface area contributed by atoms with Crippen LogP contribution in [0.3, 0.4) is 0 Å². The molecule has 1 saturated heterocycles. The molecule has 1 rings (SSSR count). The Kier molecular flexibility index (Phi) is 8.24.